The van der Waals surface area contributed by atoms with E-state index in [4.69, 9.17) is 0 Å². The first-order chi connectivity index (χ1) is 11.2. The number of fused-ring (bicyclic) bond motifs is 6. The molecule has 0 atom stereocenters. The van der Waals surface area contributed by atoms with Crippen LogP contribution in [0.5, 0.6) is 0 Å². The molecule has 4 aromatic rings. The normalized spacial score (nSPS) is 14.9. The Morgan fingerprint density at radius 2 is 1.26 bits per heavy atom. The molecule has 2 heteroatoms. The van der Waals surface area contributed by atoms with Crippen LogP contribution in [-0.4, -0.2) is 0 Å². The average molecular weight is 518 g/mol. The summed E-state index contributed by atoms with van der Waals surface area (Å²) in [5.41, 5.74) is 5.63. The molecule has 0 nitrogen and oxygen atoms in total. The summed E-state index contributed by atoms with van der Waals surface area (Å²) in [6.45, 7) is 0. The van der Waals surface area contributed by atoms with Crippen molar-refractivity contribution in [1.82, 2.24) is 0 Å². The zero-order chi connectivity index (χ0) is 15.6. The van der Waals surface area contributed by atoms with Crippen LogP contribution >= 0.6 is 45.2 Å². The van der Waals surface area contributed by atoms with Gasteiger partial charge in [-0.05, 0) is 55.9 Å². The Bertz CT molecular complexity index is 1090. The first-order valence-electron chi connectivity index (χ1n) is 7.60. The summed E-state index contributed by atoms with van der Waals surface area (Å²) in [6.07, 6.45) is 0. The van der Waals surface area contributed by atoms with Crippen molar-refractivity contribution in [1.29, 1.82) is 0 Å². The van der Waals surface area contributed by atoms with Gasteiger partial charge in [0.05, 0.1) is 0 Å². The Balaban J connectivity index is 1.95. The lowest BCUT2D eigenvalue weighted by Gasteiger charge is -2.19. The van der Waals surface area contributed by atoms with E-state index >= 15 is 0 Å². The number of hydrogen-bond acceptors (Lipinski definition) is 0. The topological polar surface area (TPSA) is 0 Å². The van der Waals surface area contributed by atoms with Gasteiger partial charge in [0.2, 0.25) is 0 Å². The molecule has 5 rings (SSSR count). The molecule has 0 N–H and O–H groups in total. The molecular formula is C21H12I2. The fourth-order valence-corrected chi connectivity index (χ4v) is 5.75. The molecule has 0 aliphatic heterocycles. The van der Waals surface area contributed by atoms with Gasteiger partial charge in [-0.2, -0.15) is 0 Å². The van der Waals surface area contributed by atoms with Gasteiger partial charge in [-0.1, -0.05) is 106 Å². The quantitative estimate of drug-likeness (QED) is 0.173. The summed E-state index contributed by atoms with van der Waals surface area (Å²) in [5, 5.41) is 5.33. The van der Waals surface area contributed by atoms with Crippen molar-refractivity contribution < 1.29 is 0 Å². The zero-order valence-corrected chi connectivity index (χ0v) is 16.5. The monoisotopic (exact) mass is 518 g/mol. The second kappa shape index (κ2) is 4.93. The summed E-state index contributed by atoms with van der Waals surface area (Å²) < 4.78 is -0.0227. The molecule has 23 heavy (non-hydrogen) atoms. The molecule has 0 heterocycles. The van der Waals surface area contributed by atoms with Gasteiger partial charge in [0.25, 0.3) is 0 Å². The second-order valence-corrected chi connectivity index (χ2v) is 11.3. The summed E-state index contributed by atoms with van der Waals surface area (Å²) >= 11 is 5.23. The minimum atomic E-state index is -0.0227. The molecule has 4 aromatic carbocycles. The number of alkyl halides is 2. The van der Waals surface area contributed by atoms with Crippen molar-refractivity contribution in [2.75, 3.05) is 0 Å². The molecule has 0 radical (unpaired) electrons. The second-order valence-electron chi connectivity index (χ2n) is 6.03. The third-order valence-corrected chi connectivity index (χ3v) is 7.00. The van der Waals surface area contributed by atoms with E-state index in [1.807, 2.05) is 0 Å². The highest BCUT2D eigenvalue weighted by atomic mass is 127. The minimum absolute atomic E-state index is 0.0227. The summed E-state index contributed by atoms with van der Waals surface area (Å²) in [6, 6.07) is 26.7. The van der Waals surface area contributed by atoms with Crippen LogP contribution in [0.25, 0.3) is 32.7 Å². The zero-order valence-electron chi connectivity index (χ0n) is 12.2. The molecule has 0 unspecified atom stereocenters. The molecule has 1 aliphatic carbocycles. The maximum atomic E-state index is 2.62. The largest absolute Gasteiger partial charge is 0.125 e. The standard InChI is InChI=1S/C21H12I2/c22-21(23)19-12-15-7-2-1-6-14(15)11-18(19)17-10-9-13-5-3-4-8-16(13)20(17)21/h1-12H. The van der Waals surface area contributed by atoms with Crippen LogP contribution in [0.3, 0.4) is 0 Å². The maximum Gasteiger partial charge on any atom is 0.125 e. The molecule has 1 aliphatic rings. The van der Waals surface area contributed by atoms with Crippen molar-refractivity contribution in [2.24, 2.45) is 0 Å². The van der Waals surface area contributed by atoms with Crippen LogP contribution in [-0.2, 0) is 1.43 Å². The van der Waals surface area contributed by atoms with Gasteiger partial charge in [0.1, 0.15) is 1.43 Å². The highest BCUT2D eigenvalue weighted by Gasteiger charge is 2.40. The lowest BCUT2D eigenvalue weighted by molar-refractivity contribution is 1.26. The van der Waals surface area contributed by atoms with E-state index in [1.165, 1.54) is 43.8 Å². The molecule has 0 saturated carbocycles. The lowest BCUT2D eigenvalue weighted by atomic mass is 9.98. The van der Waals surface area contributed by atoms with E-state index in [0.29, 0.717) is 0 Å². The number of benzene rings is 4. The molecule has 0 aromatic heterocycles. The third-order valence-electron chi connectivity index (χ3n) is 4.76. The number of rotatable bonds is 0. The summed E-state index contributed by atoms with van der Waals surface area (Å²) in [7, 11) is 0. The lowest BCUT2D eigenvalue weighted by Crippen LogP contribution is -2.06. The average Bonchev–Trinajstić information content (AvgIpc) is 2.81. The predicted octanol–water partition coefficient (Wildman–Crippen LogP) is 7.04. The van der Waals surface area contributed by atoms with E-state index in [2.05, 4.69) is 118 Å². The van der Waals surface area contributed by atoms with Gasteiger partial charge in [0, 0.05) is 0 Å². The Morgan fingerprint density at radius 3 is 2.04 bits per heavy atom. The van der Waals surface area contributed by atoms with Gasteiger partial charge in [-0.15, -0.1) is 0 Å². The summed E-state index contributed by atoms with van der Waals surface area (Å²) in [5.74, 6) is 0. The van der Waals surface area contributed by atoms with Crippen molar-refractivity contribution in [2.45, 2.75) is 1.43 Å². The Labute approximate surface area is 162 Å². The van der Waals surface area contributed by atoms with Crippen LogP contribution in [0.1, 0.15) is 11.1 Å². The van der Waals surface area contributed by atoms with Gasteiger partial charge >= 0.3 is 0 Å². The highest BCUT2D eigenvalue weighted by Crippen LogP contribution is 2.59. The van der Waals surface area contributed by atoms with Crippen molar-refractivity contribution >= 4 is 66.7 Å². The van der Waals surface area contributed by atoms with E-state index < -0.39 is 0 Å². The van der Waals surface area contributed by atoms with E-state index in [-0.39, 0.29) is 1.43 Å². The fraction of sp³-hybridized carbons (Fsp3) is 0.0476. The van der Waals surface area contributed by atoms with Crippen LogP contribution in [0.15, 0.2) is 72.8 Å². The third kappa shape index (κ3) is 1.94. The fourth-order valence-electron chi connectivity index (χ4n) is 3.69. The van der Waals surface area contributed by atoms with Gasteiger partial charge in [0.15, 0.2) is 0 Å². The van der Waals surface area contributed by atoms with E-state index in [9.17, 15) is 0 Å². The maximum absolute atomic E-state index is 2.62. The molecule has 0 amide bonds. The molecule has 0 fully saturated rings. The van der Waals surface area contributed by atoms with E-state index in [1.54, 1.807) is 0 Å². The number of hydrogen-bond donors (Lipinski definition) is 0. The minimum Gasteiger partial charge on any atom is -0.0616 e. The Hall–Kier alpha value is -1.14. The summed E-state index contributed by atoms with van der Waals surface area (Å²) in [4.78, 5) is 0. The SMILES string of the molecule is IC1(I)c2cc3ccccc3cc2-c2ccc3ccccc3c21. The Morgan fingerprint density at radius 1 is 0.609 bits per heavy atom. The van der Waals surface area contributed by atoms with Crippen LogP contribution < -0.4 is 0 Å². The molecular weight excluding hydrogens is 506 g/mol. The molecule has 0 saturated heterocycles. The van der Waals surface area contributed by atoms with Crippen LogP contribution in [0.2, 0.25) is 0 Å². The molecule has 0 bridgehead atoms. The van der Waals surface area contributed by atoms with Crippen molar-refractivity contribution in [3.05, 3.63) is 83.9 Å². The van der Waals surface area contributed by atoms with Crippen LogP contribution in [0, 0.1) is 0 Å². The van der Waals surface area contributed by atoms with Crippen molar-refractivity contribution in [3.63, 3.8) is 0 Å². The predicted molar refractivity (Wildman–Crippen MR) is 116 cm³/mol. The van der Waals surface area contributed by atoms with Gasteiger partial charge in [-0.3, -0.25) is 0 Å². The van der Waals surface area contributed by atoms with Crippen molar-refractivity contribution in [3.8, 4) is 11.1 Å². The molecule has 110 valence electrons. The first-order valence-corrected chi connectivity index (χ1v) is 9.76. The first kappa shape index (κ1) is 14.2. The highest BCUT2D eigenvalue weighted by molar-refractivity contribution is 14.2. The molecule has 0 spiro atoms. The van der Waals surface area contributed by atoms with Gasteiger partial charge < -0.3 is 0 Å². The number of halogens is 2. The smallest absolute Gasteiger partial charge is 0.0616 e. The van der Waals surface area contributed by atoms with E-state index in [0.717, 1.165) is 0 Å². The van der Waals surface area contributed by atoms with Crippen LogP contribution in [0.4, 0.5) is 0 Å². The van der Waals surface area contributed by atoms with Gasteiger partial charge in [-0.25, -0.2) is 0 Å². The Kier molecular flexibility index (Phi) is 3.05.